The van der Waals surface area contributed by atoms with Gasteiger partial charge in [-0.25, -0.2) is 4.79 Å². The number of ketones is 1. The second kappa shape index (κ2) is 10.3. The van der Waals surface area contributed by atoms with Crippen LogP contribution in [0.3, 0.4) is 0 Å². The maximum absolute atomic E-state index is 12.9. The van der Waals surface area contributed by atoms with Crippen molar-refractivity contribution in [2.24, 2.45) is 5.92 Å². The van der Waals surface area contributed by atoms with Gasteiger partial charge in [-0.15, -0.1) is 0 Å². The Morgan fingerprint density at radius 3 is 2.11 bits per heavy atom. The normalized spacial score (nSPS) is 12.7. The van der Waals surface area contributed by atoms with E-state index in [9.17, 15) is 14.4 Å². The van der Waals surface area contributed by atoms with Crippen molar-refractivity contribution in [2.45, 2.75) is 32.2 Å². The number of carbonyl (C=O) groups excluding carboxylic acids is 3. The van der Waals surface area contributed by atoms with E-state index in [1.54, 1.807) is 24.3 Å². The van der Waals surface area contributed by atoms with Crippen LogP contribution in [0.2, 0.25) is 0 Å². The van der Waals surface area contributed by atoms with Crippen LogP contribution in [-0.2, 0) is 25.5 Å². The lowest BCUT2D eigenvalue weighted by atomic mass is 9.92. The number of benzene rings is 2. The van der Waals surface area contributed by atoms with Gasteiger partial charge in [0.25, 0.3) is 0 Å². The molecule has 2 aromatic carbocycles. The Balaban J connectivity index is 2.18. The molecule has 0 bridgehead atoms. The van der Waals surface area contributed by atoms with Gasteiger partial charge < -0.3 is 14.8 Å². The molecule has 1 amide bonds. The summed E-state index contributed by atoms with van der Waals surface area (Å²) >= 11 is 0. The average Bonchev–Trinajstić information content (AvgIpc) is 2.69. The molecule has 0 heterocycles. The minimum absolute atomic E-state index is 0.0356. The maximum atomic E-state index is 12.9. The van der Waals surface area contributed by atoms with Crippen molar-refractivity contribution in [3.05, 3.63) is 71.8 Å². The summed E-state index contributed by atoms with van der Waals surface area (Å²) in [5, 5.41) is 2.80. The number of nitrogens with one attached hydrogen (secondary N) is 1. The monoisotopic (exact) mass is 367 g/mol. The lowest BCUT2D eigenvalue weighted by Crippen LogP contribution is -2.39. The highest BCUT2D eigenvalue weighted by atomic mass is 16.5. The van der Waals surface area contributed by atoms with Crippen LogP contribution in [0, 0.1) is 5.92 Å². The van der Waals surface area contributed by atoms with Crippen LogP contribution in [-0.4, -0.2) is 24.8 Å². The first-order valence-corrected chi connectivity index (χ1v) is 8.97. The standard InChI is InChI=1S/C22H25NO4/c1-16(24)13-14-19(15-17-9-5-3-6-10-17)21(25)23-20(22(26)27-2)18-11-7-4-8-12-18/h3-12,19-20H,13-15H2,1-2H3,(H,23,25)/t19-,20-/m1/s1. The van der Waals surface area contributed by atoms with Gasteiger partial charge in [-0.05, 0) is 30.9 Å². The van der Waals surface area contributed by atoms with Crippen molar-refractivity contribution in [1.29, 1.82) is 0 Å². The number of amides is 1. The molecule has 0 aliphatic rings. The Morgan fingerprint density at radius 2 is 1.56 bits per heavy atom. The number of carbonyl (C=O) groups is 3. The number of ether oxygens (including phenoxy) is 1. The zero-order valence-corrected chi connectivity index (χ0v) is 15.7. The summed E-state index contributed by atoms with van der Waals surface area (Å²) in [5.41, 5.74) is 1.67. The highest BCUT2D eigenvalue weighted by Gasteiger charge is 2.27. The second-order valence-corrected chi connectivity index (χ2v) is 6.50. The molecule has 0 aliphatic carbocycles. The first-order chi connectivity index (χ1) is 13.0. The van der Waals surface area contributed by atoms with E-state index in [1.807, 2.05) is 36.4 Å². The largest absolute Gasteiger partial charge is 0.467 e. The molecular formula is C22H25NO4. The van der Waals surface area contributed by atoms with E-state index in [2.05, 4.69) is 5.32 Å². The lowest BCUT2D eigenvalue weighted by Gasteiger charge is -2.21. The fourth-order valence-electron chi connectivity index (χ4n) is 2.90. The van der Waals surface area contributed by atoms with Crippen LogP contribution in [0.15, 0.2) is 60.7 Å². The minimum Gasteiger partial charge on any atom is -0.467 e. The van der Waals surface area contributed by atoms with Crippen molar-refractivity contribution in [3.63, 3.8) is 0 Å². The van der Waals surface area contributed by atoms with Gasteiger partial charge in [0.2, 0.25) is 5.91 Å². The van der Waals surface area contributed by atoms with Crippen LogP contribution in [0.5, 0.6) is 0 Å². The summed E-state index contributed by atoms with van der Waals surface area (Å²) in [6.45, 7) is 1.51. The lowest BCUT2D eigenvalue weighted by molar-refractivity contribution is -0.146. The van der Waals surface area contributed by atoms with Gasteiger partial charge >= 0.3 is 5.97 Å². The molecule has 142 valence electrons. The van der Waals surface area contributed by atoms with E-state index in [1.165, 1.54) is 14.0 Å². The molecule has 5 heteroatoms. The molecule has 0 aliphatic heterocycles. The van der Waals surface area contributed by atoms with E-state index >= 15 is 0 Å². The molecule has 0 spiro atoms. The summed E-state index contributed by atoms with van der Waals surface area (Å²) in [6, 6.07) is 17.7. The molecule has 2 atom stereocenters. The van der Waals surface area contributed by atoms with E-state index < -0.39 is 17.9 Å². The third-order valence-electron chi connectivity index (χ3n) is 4.40. The van der Waals surface area contributed by atoms with Gasteiger partial charge in [0.15, 0.2) is 6.04 Å². The molecule has 0 saturated carbocycles. The molecule has 0 saturated heterocycles. The molecule has 2 rings (SSSR count). The summed E-state index contributed by atoms with van der Waals surface area (Å²) in [5.74, 6) is -1.17. The zero-order valence-electron chi connectivity index (χ0n) is 15.7. The number of esters is 1. The molecule has 0 radical (unpaired) electrons. The molecule has 27 heavy (non-hydrogen) atoms. The van der Waals surface area contributed by atoms with Crippen molar-refractivity contribution < 1.29 is 19.1 Å². The van der Waals surface area contributed by atoms with Crippen molar-refractivity contribution in [1.82, 2.24) is 5.32 Å². The van der Waals surface area contributed by atoms with Gasteiger partial charge in [0.05, 0.1) is 7.11 Å². The Bertz CT molecular complexity index is 758. The first-order valence-electron chi connectivity index (χ1n) is 8.97. The van der Waals surface area contributed by atoms with E-state index in [0.717, 1.165) is 5.56 Å². The van der Waals surface area contributed by atoms with Crippen molar-refractivity contribution in [2.75, 3.05) is 7.11 Å². The predicted octanol–water partition coefficient (Wildman–Crippen LogP) is 3.25. The predicted molar refractivity (Wildman–Crippen MR) is 103 cm³/mol. The van der Waals surface area contributed by atoms with Gasteiger partial charge in [-0.2, -0.15) is 0 Å². The first kappa shape index (κ1) is 20.4. The number of hydrogen-bond acceptors (Lipinski definition) is 4. The van der Waals surface area contributed by atoms with Crippen LogP contribution in [0.4, 0.5) is 0 Å². The van der Waals surface area contributed by atoms with E-state index in [0.29, 0.717) is 24.8 Å². The molecule has 1 N–H and O–H groups in total. The topological polar surface area (TPSA) is 72.5 Å². The average molecular weight is 367 g/mol. The smallest absolute Gasteiger partial charge is 0.333 e. The maximum Gasteiger partial charge on any atom is 0.333 e. The fourth-order valence-corrected chi connectivity index (χ4v) is 2.90. The number of hydrogen-bond donors (Lipinski definition) is 1. The van der Waals surface area contributed by atoms with Gasteiger partial charge in [0, 0.05) is 12.3 Å². The quantitative estimate of drug-likeness (QED) is 0.691. The van der Waals surface area contributed by atoms with Gasteiger partial charge in [0.1, 0.15) is 5.78 Å². The van der Waals surface area contributed by atoms with E-state index in [-0.39, 0.29) is 11.7 Å². The van der Waals surface area contributed by atoms with Crippen LogP contribution >= 0.6 is 0 Å². The number of Topliss-reactive ketones (excluding diaryl/α,β-unsaturated/α-hetero) is 1. The molecular weight excluding hydrogens is 342 g/mol. The Kier molecular flexibility index (Phi) is 7.74. The summed E-state index contributed by atoms with van der Waals surface area (Å²) in [4.78, 5) is 36.6. The fraction of sp³-hybridized carbons (Fsp3) is 0.318. The molecule has 0 unspecified atom stereocenters. The summed E-state index contributed by atoms with van der Waals surface area (Å²) < 4.78 is 4.86. The summed E-state index contributed by atoms with van der Waals surface area (Å²) in [6.07, 6.45) is 1.25. The summed E-state index contributed by atoms with van der Waals surface area (Å²) in [7, 11) is 1.29. The van der Waals surface area contributed by atoms with Gasteiger partial charge in [-0.1, -0.05) is 60.7 Å². The molecule has 0 fully saturated rings. The molecule has 5 nitrogen and oxygen atoms in total. The third kappa shape index (κ3) is 6.37. The van der Waals surface area contributed by atoms with Crippen molar-refractivity contribution in [3.8, 4) is 0 Å². The molecule has 0 aromatic heterocycles. The van der Waals surface area contributed by atoms with Gasteiger partial charge in [-0.3, -0.25) is 4.79 Å². The highest BCUT2D eigenvalue weighted by Crippen LogP contribution is 2.19. The molecule has 2 aromatic rings. The van der Waals surface area contributed by atoms with E-state index in [4.69, 9.17) is 4.74 Å². The zero-order chi connectivity index (χ0) is 19.6. The Labute approximate surface area is 159 Å². The van der Waals surface area contributed by atoms with Crippen molar-refractivity contribution >= 4 is 17.7 Å². The van der Waals surface area contributed by atoms with Crippen LogP contribution in [0.25, 0.3) is 0 Å². The van der Waals surface area contributed by atoms with Crippen LogP contribution < -0.4 is 5.32 Å². The second-order valence-electron chi connectivity index (χ2n) is 6.50. The van der Waals surface area contributed by atoms with Crippen LogP contribution in [0.1, 0.15) is 36.9 Å². The minimum atomic E-state index is -0.876. The third-order valence-corrected chi connectivity index (χ3v) is 4.40. The SMILES string of the molecule is COC(=O)[C@H](NC(=O)[C@H](CCC(C)=O)Cc1ccccc1)c1ccccc1. The highest BCUT2D eigenvalue weighted by molar-refractivity contribution is 5.87. The Hall–Kier alpha value is -2.95. The number of methoxy groups -OCH3 is 1. The number of rotatable bonds is 9. The Morgan fingerprint density at radius 1 is 0.963 bits per heavy atom.